The van der Waals surface area contributed by atoms with Crippen LogP contribution in [-0.2, 0) is 6.54 Å². The lowest BCUT2D eigenvalue weighted by molar-refractivity contribution is 0.625. The summed E-state index contributed by atoms with van der Waals surface area (Å²) in [5.74, 6) is -0.230. The quantitative estimate of drug-likeness (QED) is 0.822. The average Bonchev–Trinajstić information content (AvgIpc) is 2.39. The van der Waals surface area contributed by atoms with E-state index in [1.807, 2.05) is 36.2 Å². The molecular weight excluding hydrogens is 227 g/mol. The van der Waals surface area contributed by atoms with Gasteiger partial charge in [0.25, 0.3) is 0 Å². The van der Waals surface area contributed by atoms with E-state index in [4.69, 9.17) is 5.26 Å². The highest BCUT2D eigenvalue weighted by atomic mass is 19.1. The second kappa shape index (κ2) is 5.33. The fraction of sp³-hybridized carbons (Fsp3) is 0.133. The molecule has 2 aromatic carbocycles. The summed E-state index contributed by atoms with van der Waals surface area (Å²) >= 11 is 0. The van der Waals surface area contributed by atoms with Gasteiger partial charge in [0.1, 0.15) is 5.82 Å². The van der Waals surface area contributed by atoms with Gasteiger partial charge in [0.05, 0.1) is 11.6 Å². The summed E-state index contributed by atoms with van der Waals surface area (Å²) in [5.41, 5.74) is 2.47. The summed E-state index contributed by atoms with van der Waals surface area (Å²) in [7, 11) is 1.92. The number of rotatable bonds is 3. The van der Waals surface area contributed by atoms with Crippen LogP contribution in [0.4, 0.5) is 10.1 Å². The molecule has 0 saturated heterocycles. The van der Waals surface area contributed by atoms with Crippen LogP contribution < -0.4 is 4.90 Å². The van der Waals surface area contributed by atoms with Crippen molar-refractivity contribution in [3.05, 3.63) is 65.5 Å². The van der Waals surface area contributed by atoms with Crippen molar-refractivity contribution in [3.8, 4) is 6.07 Å². The zero-order valence-electron chi connectivity index (χ0n) is 10.1. The number of benzene rings is 2. The summed E-state index contributed by atoms with van der Waals surface area (Å²) in [6.07, 6.45) is 0. The van der Waals surface area contributed by atoms with Crippen molar-refractivity contribution < 1.29 is 4.39 Å². The third kappa shape index (κ3) is 2.86. The number of halogens is 1. The lowest BCUT2D eigenvalue weighted by Crippen LogP contribution is -2.16. The first-order valence-corrected chi connectivity index (χ1v) is 5.65. The van der Waals surface area contributed by atoms with E-state index in [0.29, 0.717) is 12.1 Å². The van der Waals surface area contributed by atoms with Crippen molar-refractivity contribution >= 4 is 5.69 Å². The zero-order chi connectivity index (χ0) is 13.0. The summed E-state index contributed by atoms with van der Waals surface area (Å²) in [4.78, 5) is 1.98. The Labute approximate surface area is 106 Å². The van der Waals surface area contributed by atoms with E-state index < -0.39 is 0 Å². The van der Waals surface area contributed by atoms with E-state index in [1.165, 1.54) is 12.1 Å². The largest absolute Gasteiger partial charge is 0.370 e. The number of hydrogen-bond acceptors (Lipinski definition) is 2. The molecule has 0 radical (unpaired) electrons. The van der Waals surface area contributed by atoms with Gasteiger partial charge in [-0.1, -0.05) is 18.2 Å². The van der Waals surface area contributed by atoms with Crippen molar-refractivity contribution in [1.29, 1.82) is 5.26 Å². The summed E-state index contributed by atoms with van der Waals surface area (Å²) in [6.45, 7) is 0.604. The van der Waals surface area contributed by atoms with Gasteiger partial charge in [-0.05, 0) is 35.9 Å². The lowest BCUT2D eigenvalue weighted by Gasteiger charge is -2.19. The van der Waals surface area contributed by atoms with E-state index in [2.05, 4.69) is 6.07 Å². The maximum atomic E-state index is 13.1. The monoisotopic (exact) mass is 240 g/mol. The van der Waals surface area contributed by atoms with Crippen molar-refractivity contribution in [2.24, 2.45) is 0 Å². The molecule has 0 aliphatic heterocycles. The molecule has 90 valence electrons. The summed E-state index contributed by atoms with van der Waals surface area (Å²) < 4.78 is 13.1. The Balaban J connectivity index is 2.17. The van der Waals surface area contributed by atoms with E-state index in [1.54, 1.807) is 12.1 Å². The van der Waals surface area contributed by atoms with Crippen LogP contribution >= 0.6 is 0 Å². The standard InChI is InChI=1S/C15H13FN2/c1-18(11-13-5-2-6-14(16)8-13)15-7-3-4-12(9-15)10-17/h2-9H,11H2,1H3. The highest BCUT2D eigenvalue weighted by Crippen LogP contribution is 2.17. The maximum absolute atomic E-state index is 13.1. The molecule has 3 heteroatoms. The average molecular weight is 240 g/mol. The number of nitrogens with zero attached hydrogens (tertiary/aromatic N) is 2. The molecule has 0 spiro atoms. The minimum atomic E-state index is -0.230. The van der Waals surface area contributed by atoms with Crippen LogP contribution in [-0.4, -0.2) is 7.05 Å². The van der Waals surface area contributed by atoms with Gasteiger partial charge in [0.2, 0.25) is 0 Å². The Morgan fingerprint density at radius 2 is 1.94 bits per heavy atom. The van der Waals surface area contributed by atoms with Gasteiger partial charge >= 0.3 is 0 Å². The summed E-state index contributed by atoms with van der Waals surface area (Å²) in [5, 5.41) is 8.85. The maximum Gasteiger partial charge on any atom is 0.123 e. The predicted molar refractivity (Wildman–Crippen MR) is 69.7 cm³/mol. The SMILES string of the molecule is CN(Cc1cccc(F)c1)c1cccc(C#N)c1. The number of anilines is 1. The van der Waals surface area contributed by atoms with Crippen LogP contribution in [0.25, 0.3) is 0 Å². The molecule has 2 aromatic rings. The van der Waals surface area contributed by atoms with Crippen LogP contribution in [0.15, 0.2) is 48.5 Å². The number of hydrogen-bond donors (Lipinski definition) is 0. The third-order valence-electron chi connectivity index (χ3n) is 2.72. The van der Waals surface area contributed by atoms with Gasteiger partial charge in [-0.3, -0.25) is 0 Å². The van der Waals surface area contributed by atoms with Gasteiger partial charge in [0.15, 0.2) is 0 Å². The Morgan fingerprint density at radius 3 is 2.67 bits per heavy atom. The molecule has 0 fully saturated rings. The molecule has 0 aliphatic carbocycles. The molecule has 2 rings (SSSR count). The van der Waals surface area contributed by atoms with Crippen molar-refractivity contribution in [1.82, 2.24) is 0 Å². The zero-order valence-corrected chi connectivity index (χ0v) is 10.1. The van der Waals surface area contributed by atoms with E-state index in [0.717, 1.165) is 11.3 Å². The fourth-order valence-corrected chi connectivity index (χ4v) is 1.81. The Morgan fingerprint density at radius 1 is 1.17 bits per heavy atom. The molecule has 0 heterocycles. The molecule has 0 amide bonds. The van der Waals surface area contributed by atoms with Gasteiger partial charge < -0.3 is 4.90 Å². The van der Waals surface area contributed by atoms with Crippen molar-refractivity contribution in [3.63, 3.8) is 0 Å². The van der Waals surface area contributed by atoms with Crippen LogP contribution in [0.2, 0.25) is 0 Å². The van der Waals surface area contributed by atoms with Crippen LogP contribution in [0, 0.1) is 17.1 Å². The Bertz CT molecular complexity index is 587. The van der Waals surface area contributed by atoms with E-state index in [9.17, 15) is 4.39 Å². The first-order chi connectivity index (χ1) is 8.69. The van der Waals surface area contributed by atoms with Crippen LogP contribution in [0.3, 0.4) is 0 Å². The fourth-order valence-electron chi connectivity index (χ4n) is 1.81. The number of nitriles is 1. The topological polar surface area (TPSA) is 27.0 Å². The normalized spacial score (nSPS) is 9.83. The highest BCUT2D eigenvalue weighted by Gasteiger charge is 2.03. The minimum Gasteiger partial charge on any atom is -0.370 e. The van der Waals surface area contributed by atoms with Crippen LogP contribution in [0.1, 0.15) is 11.1 Å². The van der Waals surface area contributed by atoms with Crippen molar-refractivity contribution in [2.45, 2.75) is 6.54 Å². The second-order valence-corrected chi connectivity index (χ2v) is 4.15. The molecule has 0 atom stereocenters. The molecule has 18 heavy (non-hydrogen) atoms. The van der Waals surface area contributed by atoms with Crippen molar-refractivity contribution in [2.75, 3.05) is 11.9 Å². The van der Waals surface area contributed by atoms with E-state index in [-0.39, 0.29) is 5.82 Å². The minimum absolute atomic E-state index is 0.230. The highest BCUT2D eigenvalue weighted by molar-refractivity contribution is 5.51. The predicted octanol–water partition coefficient (Wildman–Crippen LogP) is 3.33. The third-order valence-corrected chi connectivity index (χ3v) is 2.72. The molecule has 0 bridgehead atoms. The van der Waals surface area contributed by atoms with Crippen LogP contribution in [0.5, 0.6) is 0 Å². The van der Waals surface area contributed by atoms with Gasteiger partial charge in [-0.15, -0.1) is 0 Å². The van der Waals surface area contributed by atoms with E-state index >= 15 is 0 Å². The van der Waals surface area contributed by atoms with Gasteiger partial charge in [-0.25, -0.2) is 4.39 Å². The first-order valence-electron chi connectivity index (χ1n) is 5.65. The summed E-state index contributed by atoms with van der Waals surface area (Å²) in [6, 6.07) is 16.0. The van der Waals surface area contributed by atoms with Gasteiger partial charge in [0, 0.05) is 19.3 Å². The molecule has 0 aliphatic rings. The Hall–Kier alpha value is -2.34. The smallest absolute Gasteiger partial charge is 0.123 e. The second-order valence-electron chi connectivity index (χ2n) is 4.15. The lowest BCUT2D eigenvalue weighted by atomic mass is 10.1. The molecule has 2 nitrogen and oxygen atoms in total. The molecule has 0 saturated carbocycles. The first kappa shape index (κ1) is 12.1. The van der Waals surface area contributed by atoms with Gasteiger partial charge in [-0.2, -0.15) is 5.26 Å². The Kier molecular flexibility index (Phi) is 3.59. The molecule has 0 N–H and O–H groups in total. The molecule has 0 unspecified atom stereocenters. The molecular formula is C15H13FN2. The molecule has 0 aromatic heterocycles.